The predicted octanol–water partition coefficient (Wildman–Crippen LogP) is -1.56. The summed E-state index contributed by atoms with van der Waals surface area (Å²) < 4.78 is 4.16. The molecule has 0 rings (SSSR count). The van der Waals surface area contributed by atoms with Crippen molar-refractivity contribution in [1.82, 2.24) is 0 Å². The van der Waals surface area contributed by atoms with Gasteiger partial charge in [0, 0.05) is 0 Å². The smallest absolute Gasteiger partial charge is 0.368 e. The lowest BCUT2D eigenvalue weighted by atomic mass is 10.7. The van der Waals surface area contributed by atoms with Gasteiger partial charge in [0.1, 0.15) is 13.2 Å². The van der Waals surface area contributed by atoms with Gasteiger partial charge < -0.3 is 20.1 Å². The van der Waals surface area contributed by atoms with Crippen LogP contribution in [-0.4, -0.2) is 52.7 Å². The van der Waals surface area contributed by atoms with Crippen LogP contribution >= 0.6 is 0 Å². The Balaban J connectivity index is 0. The minimum atomic E-state index is -1.43. The number of carbonyl (C=O) groups is 4. The first-order valence-corrected chi connectivity index (χ1v) is 3.09. The van der Waals surface area contributed by atoms with Crippen LogP contribution in [0.2, 0.25) is 0 Å². The van der Waals surface area contributed by atoms with E-state index >= 15 is 0 Å². The molecule has 0 aliphatic carbocycles. The zero-order valence-corrected chi connectivity index (χ0v) is 6.87. The second-order valence-electron chi connectivity index (χ2n) is 1.74. The fourth-order valence-corrected chi connectivity index (χ4v) is 0.226. The lowest BCUT2D eigenvalue weighted by Gasteiger charge is -1.92. The molecule has 0 fully saturated rings. The quantitative estimate of drug-likeness (QED) is 0.364. The molecule has 8 heteroatoms. The van der Waals surface area contributed by atoms with Crippen molar-refractivity contribution < 1.29 is 39.2 Å². The average Bonchev–Trinajstić information content (AvgIpc) is 2.04. The standard InChI is InChI=1S/C4H6O5.C2H2O3/c5-3(6)1-9-2-4(7)8;3-1-2(4)5/h1-2H2,(H,5,6)(H,7,8);1H,(H,4,5). The van der Waals surface area contributed by atoms with E-state index in [0.29, 0.717) is 0 Å². The minimum Gasteiger partial charge on any atom is -0.480 e. The van der Waals surface area contributed by atoms with Gasteiger partial charge in [-0.2, -0.15) is 0 Å². The molecule has 0 aliphatic heterocycles. The van der Waals surface area contributed by atoms with Crippen molar-refractivity contribution in [3.05, 3.63) is 0 Å². The number of hydrogen-bond acceptors (Lipinski definition) is 5. The molecule has 0 radical (unpaired) electrons. The fraction of sp³-hybridized carbons (Fsp3) is 0.333. The largest absolute Gasteiger partial charge is 0.480 e. The number of aldehydes is 1. The third-order valence-electron chi connectivity index (χ3n) is 0.552. The summed E-state index contributed by atoms with van der Waals surface area (Å²) in [7, 11) is 0. The molecule has 80 valence electrons. The Kier molecular flexibility index (Phi) is 9.49. The number of aliphatic carboxylic acids is 3. The lowest BCUT2D eigenvalue weighted by Crippen LogP contribution is -2.13. The van der Waals surface area contributed by atoms with Gasteiger partial charge in [-0.15, -0.1) is 0 Å². The van der Waals surface area contributed by atoms with Crippen LogP contribution in [0.5, 0.6) is 0 Å². The van der Waals surface area contributed by atoms with Crippen LogP contribution in [0.1, 0.15) is 0 Å². The van der Waals surface area contributed by atoms with E-state index in [1.807, 2.05) is 0 Å². The highest BCUT2D eigenvalue weighted by atomic mass is 16.5. The molecule has 3 N–H and O–H groups in total. The Labute approximate surface area is 77.7 Å². The topological polar surface area (TPSA) is 138 Å². The molecule has 0 amide bonds. The molecule has 0 aromatic carbocycles. The van der Waals surface area contributed by atoms with Gasteiger partial charge in [-0.3, -0.25) is 4.79 Å². The van der Waals surface area contributed by atoms with Gasteiger partial charge in [0.05, 0.1) is 0 Å². The number of ether oxygens (including phenoxy) is 1. The van der Waals surface area contributed by atoms with Gasteiger partial charge in [-0.25, -0.2) is 14.4 Å². The third-order valence-corrected chi connectivity index (χ3v) is 0.552. The van der Waals surface area contributed by atoms with Crippen molar-refractivity contribution in [3.63, 3.8) is 0 Å². The van der Waals surface area contributed by atoms with E-state index in [1.54, 1.807) is 0 Å². The number of hydrogen-bond donors (Lipinski definition) is 3. The number of rotatable bonds is 5. The Morgan fingerprint density at radius 3 is 1.43 bits per heavy atom. The second kappa shape index (κ2) is 9.13. The van der Waals surface area contributed by atoms with E-state index in [2.05, 4.69) is 4.74 Å². The Morgan fingerprint density at radius 1 is 1.00 bits per heavy atom. The Hall–Kier alpha value is -1.96. The molecule has 0 unspecified atom stereocenters. The zero-order valence-electron chi connectivity index (χ0n) is 6.87. The second-order valence-corrected chi connectivity index (χ2v) is 1.74. The monoisotopic (exact) mass is 208 g/mol. The van der Waals surface area contributed by atoms with E-state index in [-0.39, 0.29) is 6.29 Å². The van der Waals surface area contributed by atoms with Crippen molar-refractivity contribution in [3.8, 4) is 0 Å². The van der Waals surface area contributed by atoms with Crippen molar-refractivity contribution >= 4 is 24.2 Å². The molecule has 8 nitrogen and oxygen atoms in total. The highest BCUT2D eigenvalue weighted by Gasteiger charge is 1.98. The zero-order chi connectivity index (χ0) is 11.6. The summed E-state index contributed by atoms with van der Waals surface area (Å²) >= 11 is 0. The molecule has 14 heavy (non-hydrogen) atoms. The highest BCUT2D eigenvalue weighted by Crippen LogP contribution is 1.73. The molecule has 0 aromatic rings. The maximum atomic E-state index is 9.66. The summed E-state index contributed by atoms with van der Waals surface area (Å²) in [5.41, 5.74) is 0. The van der Waals surface area contributed by atoms with Crippen LogP contribution in [0.15, 0.2) is 0 Å². The molecule has 0 heterocycles. The predicted molar refractivity (Wildman–Crippen MR) is 39.8 cm³/mol. The highest BCUT2D eigenvalue weighted by molar-refractivity contribution is 6.19. The molecule has 0 aromatic heterocycles. The Bertz CT molecular complexity index is 206. The first-order chi connectivity index (χ1) is 6.40. The van der Waals surface area contributed by atoms with Gasteiger partial charge in [0.25, 0.3) is 0 Å². The van der Waals surface area contributed by atoms with Gasteiger partial charge in [-0.05, 0) is 0 Å². The van der Waals surface area contributed by atoms with E-state index in [9.17, 15) is 9.59 Å². The van der Waals surface area contributed by atoms with Gasteiger partial charge in [-0.1, -0.05) is 0 Å². The van der Waals surface area contributed by atoms with Crippen LogP contribution < -0.4 is 0 Å². The molecule has 0 saturated heterocycles. The van der Waals surface area contributed by atoms with E-state index < -0.39 is 31.1 Å². The van der Waals surface area contributed by atoms with Gasteiger partial charge in [0.15, 0.2) is 0 Å². The molecule has 0 atom stereocenters. The van der Waals surface area contributed by atoms with Crippen molar-refractivity contribution in [1.29, 1.82) is 0 Å². The van der Waals surface area contributed by atoms with Gasteiger partial charge >= 0.3 is 17.9 Å². The normalized spacial score (nSPS) is 8.00. The molecule has 0 spiro atoms. The first-order valence-electron chi connectivity index (χ1n) is 3.09. The Morgan fingerprint density at radius 2 is 1.29 bits per heavy atom. The first kappa shape index (κ1) is 14.6. The molecular formula is C6H8O8. The van der Waals surface area contributed by atoms with Crippen LogP contribution in [0, 0.1) is 0 Å². The van der Waals surface area contributed by atoms with E-state index in [4.69, 9.17) is 24.9 Å². The fourth-order valence-electron chi connectivity index (χ4n) is 0.226. The minimum absolute atomic E-state index is 0.167. The van der Waals surface area contributed by atoms with E-state index in [0.717, 1.165) is 0 Å². The number of carbonyl (C=O) groups excluding carboxylic acids is 1. The summed E-state index contributed by atoms with van der Waals surface area (Å²) in [6.07, 6.45) is -0.167. The molecule has 0 aliphatic rings. The molecular weight excluding hydrogens is 200 g/mol. The summed E-state index contributed by atoms with van der Waals surface area (Å²) in [4.78, 5) is 37.2. The van der Waals surface area contributed by atoms with Gasteiger partial charge in [0.2, 0.25) is 6.29 Å². The summed E-state index contributed by atoms with van der Waals surface area (Å²) in [6.45, 7) is -1.13. The SMILES string of the molecule is O=C(O)COCC(=O)O.O=CC(=O)O. The van der Waals surface area contributed by atoms with Crippen molar-refractivity contribution in [2.24, 2.45) is 0 Å². The third kappa shape index (κ3) is 22.5. The van der Waals surface area contributed by atoms with Crippen LogP contribution in [0.4, 0.5) is 0 Å². The van der Waals surface area contributed by atoms with Crippen LogP contribution in [-0.2, 0) is 23.9 Å². The van der Waals surface area contributed by atoms with Crippen molar-refractivity contribution in [2.75, 3.05) is 13.2 Å². The summed E-state index contributed by atoms with van der Waals surface area (Å²) in [5, 5.41) is 23.2. The summed E-state index contributed by atoms with van der Waals surface area (Å²) in [5.74, 6) is -3.77. The number of carboxylic acid groups (broad SMARTS) is 3. The maximum absolute atomic E-state index is 9.66. The number of carboxylic acids is 3. The maximum Gasteiger partial charge on any atom is 0.368 e. The molecule has 0 bridgehead atoms. The van der Waals surface area contributed by atoms with Crippen LogP contribution in [0.25, 0.3) is 0 Å². The van der Waals surface area contributed by atoms with Crippen LogP contribution in [0.3, 0.4) is 0 Å². The van der Waals surface area contributed by atoms with Crippen molar-refractivity contribution in [2.45, 2.75) is 0 Å². The van der Waals surface area contributed by atoms with E-state index in [1.165, 1.54) is 0 Å². The summed E-state index contributed by atoms with van der Waals surface area (Å²) in [6, 6.07) is 0. The average molecular weight is 208 g/mol. The molecule has 0 saturated carbocycles. The lowest BCUT2D eigenvalue weighted by molar-refractivity contribution is -0.148.